The zero-order chi connectivity index (χ0) is 9.94. The Balaban J connectivity index is 3.03. The van der Waals surface area contributed by atoms with Crippen molar-refractivity contribution in [3.63, 3.8) is 0 Å². The fourth-order valence-corrected chi connectivity index (χ4v) is 1.26. The monoisotopic (exact) mass is 183 g/mol. The van der Waals surface area contributed by atoms with Crippen LogP contribution in [0.2, 0.25) is 0 Å². The molecule has 13 heavy (non-hydrogen) atoms. The van der Waals surface area contributed by atoms with Crippen LogP contribution >= 0.6 is 0 Å². The first-order chi connectivity index (χ1) is 6.27. The minimum Gasteiger partial charge on any atom is -0.309 e. The fourth-order valence-electron chi connectivity index (χ4n) is 1.26. The van der Waals surface area contributed by atoms with Gasteiger partial charge in [0.25, 0.3) is 0 Å². The summed E-state index contributed by atoms with van der Waals surface area (Å²) in [6, 6.07) is 0. The first-order valence-corrected chi connectivity index (χ1v) is 5.57. The summed E-state index contributed by atoms with van der Waals surface area (Å²) in [6.07, 6.45) is 12.6. The third-order valence-electron chi connectivity index (χ3n) is 2.13. The van der Waals surface area contributed by atoms with Crippen LogP contribution in [0.1, 0.15) is 45.4 Å². The van der Waals surface area contributed by atoms with E-state index in [1.807, 2.05) is 0 Å². The molecule has 0 fully saturated rings. The Morgan fingerprint density at radius 3 is 2.23 bits per heavy atom. The molecule has 0 aliphatic carbocycles. The predicted molar refractivity (Wildman–Crippen MR) is 61.1 cm³/mol. The minimum atomic E-state index is 1.17. The Labute approximate surface area is 83.8 Å². The zero-order valence-electron chi connectivity index (χ0n) is 9.55. The van der Waals surface area contributed by atoms with Gasteiger partial charge in [-0.2, -0.15) is 0 Å². The lowest BCUT2D eigenvalue weighted by Gasteiger charge is -2.05. The molecule has 0 saturated carbocycles. The van der Waals surface area contributed by atoms with Crippen molar-refractivity contribution in [1.82, 2.24) is 4.90 Å². The van der Waals surface area contributed by atoms with Crippen molar-refractivity contribution in [3.8, 4) is 0 Å². The fraction of sp³-hybridized carbons (Fsp3) is 0.833. The maximum absolute atomic E-state index is 2.33. The number of allylic oxidation sites excluding steroid dienone is 1. The molecule has 0 atom stereocenters. The van der Waals surface area contributed by atoms with Crippen molar-refractivity contribution >= 4 is 0 Å². The van der Waals surface area contributed by atoms with Gasteiger partial charge in [-0.3, -0.25) is 0 Å². The van der Waals surface area contributed by atoms with Gasteiger partial charge in [0.05, 0.1) is 0 Å². The van der Waals surface area contributed by atoms with Crippen LogP contribution < -0.4 is 0 Å². The van der Waals surface area contributed by atoms with Gasteiger partial charge in [-0.15, -0.1) is 0 Å². The van der Waals surface area contributed by atoms with Crippen molar-refractivity contribution in [1.29, 1.82) is 0 Å². The molecule has 0 heterocycles. The zero-order valence-corrected chi connectivity index (χ0v) is 9.55. The molecule has 0 bridgehead atoms. The molecule has 0 aromatic heterocycles. The first-order valence-electron chi connectivity index (χ1n) is 5.57. The number of nitrogens with zero attached hydrogens (tertiary/aromatic N) is 1. The van der Waals surface area contributed by atoms with Crippen LogP contribution in [0.25, 0.3) is 0 Å². The second-order valence-corrected chi connectivity index (χ2v) is 3.91. The summed E-state index contributed by atoms with van der Waals surface area (Å²) in [4.78, 5) is 2.22. The first kappa shape index (κ1) is 12.7. The summed E-state index contributed by atoms with van der Waals surface area (Å²) in [7, 11) is 4.24. The van der Waals surface area contributed by atoms with Crippen molar-refractivity contribution < 1.29 is 0 Å². The van der Waals surface area contributed by atoms with Gasteiger partial charge in [0, 0.05) is 6.54 Å². The average molecular weight is 183 g/mol. The molecular weight excluding hydrogens is 158 g/mol. The molecule has 0 saturated heterocycles. The molecule has 0 amide bonds. The highest BCUT2D eigenvalue weighted by Crippen LogP contribution is 2.03. The van der Waals surface area contributed by atoms with E-state index in [0.29, 0.717) is 0 Å². The minimum absolute atomic E-state index is 1.17. The molecular formula is C12H25N. The van der Waals surface area contributed by atoms with Gasteiger partial charge in [-0.25, -0.2) is 0 Å². The molecule has 0 spiro atoms. The highest BCUT2D eigenvalue weighted by atomic mass is 15.0. The van der Waals surface area contributed by atoms with Crippen LogP contribution in [0.5, 0.6) is 0 Å². The predicted octanol–water partition coefficient (Wildman–Crippen LogP) is 3.46. The van der Waals surface area contributed by atoms with E-state index in [1.54, 1.807) is 0 Å². The Morgan fingerprint density at radius 1 is 0.923 bits per heavy atom. The van der Waals surface area contributed by atoms with Crippen LogP contribution in [0.3, 0.4) is 0 Å². The van der Waals surface area contributed by atoms with Gasteiger partial charge in [-0.05, 0) is 33.4 Å². The van der Waals surface area contributed by atoms with Gasteiger partial charge >= 0.3 is 0 Å². The van der Waals surface area contributed by atoms with Crippen LogP contribution in [-0.4, -0.2) is 25.5 Å². The average Bonchev–Trinajstić information content (AvgIpc) is 2.09. The highest BCUT2D eigenvalue weighted by molar-refractivity contribution is 4.81. The van der Waals surface area contributed by atoms with Crippen LogP contribution in [-0.2, 0) is 0 Å². The lowest BCUT2D eigenvalue weighted by Crippen LogP contribution is -2.11. The smallest absolute Gasteiger partial charge is 0.000980 e. The molecule has 1 nitrogen and oxygen atoms in total. The van der Waals surface area contributed by atoms with E-state index in [2.05, 4.69) is 38.1 Å². The van der Waals surface area contributed by atoms with Gasteiger partial charge < -0.3 is 4.90 Å². The van der Waals surface area contributed by atoms with Gasteiger partial charge in [0.1, 0.15) is 0 Å². The SMILES string of the molecule is CCCCCC/C=C/CCN(C)C. The van der Waals surface area contributed by atoms with Crippen LogP contribution in [0, 0.1) is 0 Å². The standard InChI is InChI=1S/C12H25N/c1-4-5-6-7-8-9-10-11-12-13(2)3/h9-10H,4-8,11-12H2,1-3H3/b10-9+. The normalized spacial score (nSPS) is 11.7. The maximum atomic E-state index is 2.33. The molecule has 0 aromatic rings. The molecule has 1 heteroatoms. The quantitative estimate of drug-likeness (QED) is 0.411. The van der Waals surface area contributed by atoms with E-state index < -0.39 is 0 Å². The van der Waals surface area contributed by atoms with Crippen LogP contribution in [0.15, 0.2) is 12.2 Å². The van der Waals surface area contributed by atoms with Gasteiger partial charge in [0.2, 0.25) is 0 Å². The third-order valence-corrected chi connectivity index (χ3v) is 2.13. The van der Waals surface area contributed by atoms with Crippen molar-refractivity contribution in [2.45, 2.75) is 45.4 Å². The summed E-state index contributed by atoms with van der Waals surface area (Å²) >= 11 is 0. The third kappa shape index (κ3) is 11.7. The van der Waals surface area contributed by atoms with E-state index in [4.69, 9.17) is 0 Å². The maximum Gasteiger partial charge on any atom is 0.000980 e. The van der Waals surface area contributed by atoms with E-state index in [1.165, 1.54) is 45.1 Å². The Morgan fingerprint density at radius 2 is 1.62 bits per heavy atom. The van der Waals surface area contributed by atoms with E-state index in [9.17, 15) is 0 Å². The summed E-state index contributed by atoms with van der Waals surface area (Å²) < 4.78 is 0. The second-order valence-electron chi connectivity index (χ2n) is 3.91. The molecule has 0 rings (SSSR count). The van der Waals surface area contributed by atoms with E-state index in [-0.39, 0.29) is 0 Å². The summed E-state index contributed by atoms with van der Waals surface area (Å²) in [5.41, 5.74) is 0. The van der Waals surface area contributed by atoms with Gasteiger partial charge in [0.15, 0.2) is 0 Å². The van der Waals surface area contributed by atoms with Gasteiger partial charge in [-0.1, -0.05) is 38.3 Å². The molecule has 0 radical (unpaired) electrons. The van der Waals surface area contributed by atoms with E-state index >= 15 is 0 Å². The Kier molecular flexibility index (Phi) is 9.56. The molecule has 0 N–H and O–H groups in total. The largest absolute Gasteiger partial charge is 0.309 e. The number of rotatable bonds is 8. The highest BCUT2D eigenvalue weighted by Gasteiger charge is 1.86. The lowest BCUT2D eigenvalue weighted by atomic mass is 10.1. The number of unbranched alkanes of at least 4 members (excludes halogenated alkanes) is 4. The number of hydrogen-bond acceptors (Lipinski definition) is 1. The molecule has 0 unspecified atom stereocenters. The van der Waals surface area contributed by atoms with Crippen molar-refractivity contribution in [2.24, 2.45) is 0 Å². The molecule has 78 valence electrons. The number of hydrogen-bond donors (Lipinski definition) is 0. The Hall–Kier alpha value is -0.300. The summed E-state index contributed by atoms with van der Waals surface area (Å²) in [5.74, 6) is 0. The molecule has 0 aliphatic rings. The van der Waals surface area contributed by atoms with Crippen LogP contribution in [0.4, 0.5) is 0 Å². The Bertz CT molecular complexity index is 116. The molecule has 0 aliphatic heterocycles. The topological polar surface area (TPSA) is 3.24 Å². The summed E-state index contributed by atoms with van der Waals surface area (Å²) in [5, 5.41) is 0. The molecule has 0 aromatic carbocycles. The lowest BCUT2D eigenvalue weighted by molar-refractivity contribution is 0.417. The van der Waals surface area contributed by atoms with Crippen molar-refractivity contribution in [3.05, 3.63) is 12.2 Å². The van der Waals surface area contributed by atoms with Crippen molar-refractivity contribution in [2.75, 3.05) is 20.6 Å². The second kappa shape index (κ2) is 9.79. The summed E-state index contributed by atoms with van der Waals surface area (Å²) in [6.45, 7) is 3.43. The van der Waals surface area contributed by atoms with E-state index in [0.717, 1.165) is 0 Å².